The monoisotopic (exact) mass is 411 g/mol. The molecule has 0 spiro atoms. The van der Waals surface area contributed by atoms with Crippen LogP contribution >= 0.6 is 11.6 Å². The standard InChI is InChI=1S/C20H19ClFN7/c21-16-6-2-5-15-17(16)26-20(25-14-10-23-7-8-24-11-14)29-19(15)27-18(28-29)12-3-1-4-13(22)9-12/h1-6,9,14,23-24H,7-8,10-11H2,(H,25,26). The first kappa shape index (κ1) is 18.2. The van der Waals surface area contributed by atoms with E-state index in [2.05, 4.69) is 26.0 Å². The molecule has 0 unspecified atom stereocenters. The molecule has 0 aliphatic carbocycles. The first-order valence-electron chi connectivity index (χ1n) is 9.48. The minimum absolute atomic E-state index is 0.120. The lowest BCUT2D eigenvalue weighted by Gasteiger charge is -2.18. The van der Waals surface area contributed by atoms with Crippen molar-refractivity contribution in [2.24, 2.45) is 0 Å². The average molecular weight is 412 g/mol. The van der Waals surface area contributed by atoms with Gasteiger partial charge in [0.1, 0.15) is 5.82 Å². The molecule has 3 heterocycles. The van der Waals surface area contributed by atoms with Gasteiger partial charge in [0.25, 0.3) is 0 Å². The Kier molecular flexibility index (Phi) is 4.75. The van der Waals surface area contributed by atoms with E-state index < -0.39 is 0 Å². The van der Waals surface area contributed by atoms with Crippen molar-refractivity contribution in [3.05, 3.63) is 53.3 Å². The highest BCUT2D eigenvalue weighted by molar-refractivity contribution is 6.35. The van der Waals surface area contributed by atoms with Gasteiger partial charge in [0, 0.05) is 37.1 Å². The Morgan fingerprint density at radius 2 is 1.86 bits per heavy atom. The van der Waals surface area contributed by atoms with Crippen molar-refractivity contribution in [1.82, 2.24) is 30.2 Å². The molecule has 0 atom stereocenters. The van der Waals surface area contributed by atoms with Crippen LogP contribution < -0.4 is 16.0 Å². The summed E-state index contributed by atoms with van der Waals surface area (Å²) in [5.41, 5.74) is 1.87. The molecule has 1 saturated heterocycles. The van der Waals surface area contributed by atoms with Crippen molar-refractivity contribution in [2.45, 2.75) is 6.04 Å². The van der Waals surface area contributed by atoms with E-state index >= 15 is 0 Å². The van der Waals surface area contributed by atoms with Crippen LogP contribution in [0.15, 0.2) is 42.5 Å². The van der Waals surface area contributed by atoms with Gasteiger partial charge in [-0.3, -0.25) is 0 Å². The zero-order chi connectivity index (χ0) is 19.8. The molecule has 0 radical (unpaired) electrons. The van der Waals surface area contributed by atoms with E-state index in [0.29, 0.717) is 33.5 Å². The van der Waals surface area contributed by atoms with Crippen LogP contribution in [-0.2, 0) is 0 Å². The van der Waals surface area contributed by atoms with Crippen LogP contribution in [0.4, 0.5) is 10.3 Å². The van der Waals surface area contributed by atoms with Gasteiger partial charge < -0.3 is 16.0 Å². The van der Waals surface area contributed by atoms with Gasteiger partial charge in [0.05, 0.1) is 16.6 Å². The highest BCUT2D eigenvalue weighted by atomic mass is 35.5. The molecule has 1 aliphatic heterocycles. The smallest absolute Gasteiger partial charge is 0.226 e. The number of aromatic nitrogens is 4. The van der Waals surface area contributed by atoms with Gasteiger partial charge in [-0.2, -0.15) is 4.52 Å². The van der Waals surface area contributed by atoms with Gasteiger partial charge in [-0.05, 0) is 24.3 Å². The summed E-state index contributed by atoms with van der Waals surface area (Å²) < 4.78 is 15.4. The second-order valence-electron chi connectivity index (χ2n) is 7.00. The fraction of sp³-hybridized carbons (Fsp3) is 0.250. The van der Waals surface area contributed by atoms with E-state index in [-0.39, 0.29) is 11.9 Å². The summed E-state index contributed by atoms with van der Waals surface area (Å²) in [6.45, 7) is 3.42. The summed E-state index contributed by atoms with van der Waals surface area (Å²) in [7, 11) is 0. The third-order valence-electron chi connectivity index (χ3n) is 4.93. The number of rotatable bonds is 3. The summed E-state index contributed by atoms with van der Waals surface area (Å²) in [5, 5.41) is 16.2. The number of fused-ring (bicyclic) bond motifs is 3. The van der Waals surface area contributed by atoms with Gasteiger partial charge in [0.15, 0.2) is 11.5 Å². The molecule has 3 N–H and O–H groups in total. The molecule has 148 valence electrons. The van der Waals surface area contributed by atoms with Crippen molar-refractivity contribution in [2.75, 3.05) is 31.5 Å². The second-order valence-corrected chi connectivity index (χ2v) is 7.41. The van der Waals surface area contributed by atoms with Gasteiger partial charge >= 0.3 is 0 Å². The van der Waals surface area contributed by atoms with Crippen molar-refractivity contribution >= 4 is 34.1 Å². The predicted molar refractivity (Wildman–Crippen MR) is 112 cm³/mol. The maximum Gasteiger partial charge on any atom is 0.226 e. The first-order chi connectivity index (χ1) is 14.2. The summed E-state index contributed by atoms with van der Waals surface area (Å²) in [4.78, 5) is 9.42. The lowest BCUT2D eigenvalue weighted by molar-refractivity contribution is 0.628. The maximum absolute atomic E-state index is 13.7. The minimum Gasteiger partial charge on any atom is -0.349 e. The Balaban J connectivity index is 1.68. The van der Waals surface area contributed by atoms with Gasteiger partial charge in [-0.15, -0.1) is 5.10 Å². The maximum atomic E-state index is 13.7. The van der Waals surface area contributed by atoms with E-state index in [1.165, 1.54) is 12.1 Å². The van der Waals surface area contributed by atoms with E-state index in [0.717, 1.165) is 31.6 Å². The van der Waals surface area contributed by atoms with Crippen LogP contribution in [0.25, 0.3) is 27.9 Å². The number of nitrogens with zero attached hydrogens (tertiary/aromatic N) is 4. The second kappa shape index (κ2) is 7.55. The van der Waals surface area contributed by atoms with Gasteiger partial charge in [0.2, 0.25) is 5.95 Å². The van der Waals surface area contributed by atoms with Crippen LogP contribution in [0.5, 0.6) is 0 Å². The number of benzene rings is 2. The quantitative estimate of drug-likeness (QED) is 0.481. The van der Waals surface area contributed by atoms with Crippen molar-refractivity contribution in [3.8, 4) is 11.4 Å². The normalized spacial score (nSPS) is 15.7. The Morgan fingerprint density at radius 3 is 2.66 bits per heavy atom. The molecule has 2 aromatic carbocycles. The van der Waals surface area contributed by atoms with Gasteiger partial charge in [-0.25, -0.2) is 14.4 Å². The number of hydrogen-bond donors (Lipinski definition) is 3. The van der Waals surface area contributed by atoms with E-state index in [9.17, 15) is 4.39 Å². The van der Waals surface area contributed by atoms with Crippen LogP contribution in [-0.4, -0.2) is 51.8 Å². The third-order valence-corrected chi connectivity index (χ3v) is 5.23. The largest absolute Gasteiger partial charge is 0.349 e. The Hall–Kier alpha value is -2.81. The molecule has 4 aromatic rings. The zero-order valence-electron chi connectivity index (χ0n) is 15.5. The molecule has 7 nitrogen and oxygen atoms in total. The number of hydrogen-bond acceptors (Lipinski definition) is 6. The summed E-state index contributed by atoms with van der Waals surface area (Å²) in [5.74, 6) is 0.645. The lowest BCUT2D eigenvalue weighted by atomic mass is 10.2. The number of halogens is 2. The molecule has 5 rings (SSSR count). The minimum atomic E-state index is -0.332. The molecule has 0 amide bonds. The van der Waals surface area contributed by atoms with Crippen LogP contribution in [0.2, 0.25) is 5.02 Å². The first-order valence-corrected chi connectivity index (χ1v) is 9.86. The van der Waals surface area contributed by atoms with E-state index in [1.54, 1.807) is 22.7 Å². The highest BCUT2D eigenvalue weighted by Gasteiger charge is 2.19. The van der Waals surface area contributed by atoms with Crippen LogP contribution in [0.3, 0.4) is 0 Å². The Labute approximate surface area is 171 Å². The van der Waals surface area contributed by atoms with Crippen LogP contribution in [0, 0.1) is 5.82 Å². The van der Waals surface area contributed by atoms with Crippen molar-refractivity contribution in [3.63, 3.8) is 0 Å². The SMILES string of the molecule is Fc1cccc(-c2nc3c4cccc(Cl)c4nc(NC4CNCCNC4)n3n2)c1. The molecule has 0 saturated carbocycles. The summed E-state index contributed by atoms with van der Waals surface area (Å²) in [6.07, 6.45) is 0. The average Bonchev–Trinajstić information content (AvgIpc) is 3.02. The Bertz CT molecular complexity index is 1180. The predicted octanol–water partition coefficient (Wildman–Crippen LogP) is 2.71. The molecule has 9 heteroatoms. The van der Waals surface area contributed by atoms with Gasteiger partial charge in [-0.1, -0.05) is 29.8 Å². The molecular formula is C20H19ClFN7. The summed E-state index contributed by atoms with van der Waals surface area (Å²) >= 11 is 6.42. The highest BCUT2D eigenvalue weighted by Crippen LogP contribution is 2.28. The fourth-order valence-electron chi connectivity index (χ4n) is 3.53. The molecular weight excluding hydrogens is 393 g/mol. The number of anilines is 1. The van der Waals surface area contributed by atoms with Crippen molar-refractivity contribution in [1.29, 1.82) is 0 Å². The molecule has 0 bridgehead atoms. The number of para-hydroxylation sites is 1. The van der Waals surface area contributed by atoms with Crippen molar-refractivity contribution < 1.29 is 4.39 Å². The molecule has 2 aromatic heterocycles. The number of nitrogens with one attached hydrogen (secondary N) is 3. The van der Waals surface area contributed by atoms with E-state index in [1.807, 2.05) is 12.1 Å². The lowest BCUT2D eigenvalue weighted by Crippen LogP contribution is -2.37. The fourth-order valence-corrected chi connectivity index (χ4v) is 3.74. The van der Waals surface area contributed by atoms with Crippen LogP contribution in [0.1, 0.15) is 0 Å². The van der Waals surface area contributed by atoms with E-state index in [4.69, 9.17) is 16.6 Å². The molecule has 1 aliphatic rings. The topological polar surface area (TPSA) is 79.2 Å². The third kappa shape index (κ3) is 3.50. The zero-order valence-corrected chi connectivity index (χ0v) is 16.2. The summed E-state index contributed by atoms with van der Waals surface area (Å²) in [6, 6.07) is 11.9. The Morgan fingerprint density at radius 1 is 1.07 bits per heavy atom. The molecule has 1 fully saturated rings. The molecule has 29 heavy (non-hydrogen) atoms.